The van der Waals surface area contributed by atoms with Crippen LogP contribution >= 0.6 is 23.5 Å². The maximum absolute atomic E-state index is 2.35. The van der Waals surface area contributed by atoms with Crippen molar-refractivity contribution >= 4 is 23.5 Å². The summed E-state index contributed by atoms with van der Waals surface area (Å²) in [6, 6.07) is 0. The van der Waals surface area contributed by atoms with Crippen LogP contribution in [0.15, 0.2) is 12.2 Å². The lowest BCUT2D eigenvalue weighted by Crippen LogP contribution is -2.20. The largest absolute Gasteiger partial charge is 0.161 e. The third-order valence-corrected chi connectivity index (χ3v) is 4.93. The molecule has 0 nitrogen and oxygen atoms in total. The normalized spacial score (nSPS) is 33.8. The van der Waals surface area contributed by atoms with Crippen LogP contribution in [0.3, 0.4) is 0 Å². The van der Waals surface area contributed by atoms with Gasteiger partial charge in [0.1, 0.15) is 0 Å². The monoisotopic (exact) mass is 202 g/mol. The lowest BCUT2D eigenvalue weighted by atomic mass is 10.1. The van der Waals surface area contributed by atoms with Gasteiger partial charge in [-0.25, -0.2) is 0 Å². The summed E-state index contributed by atoms with van der Waals surface area (Å²) in [5.74, 6) is 0. The van der Waals surface area contributed by atoms with Crippen LogP contribution in [0, 0.1) is 0 Å². The van der Waals surface area contributed by atoms with Gasteiger partial charge in [0.15, 0.2) is 0 Å². The van der Waals surface area contributed by atoms with E-state index in [1.807, 2.05) is 23.5 Å². The zero-order valence-electron chi connectivity index (χ0n) is 7.95. The third kappa shape index (κ3) is 3.06. The minimum Gasteiger partial charge on any atom is -0.161 e. The van der Waals surface area contributed by atoms with E-state index in [1.165, 1.54) is 25.7 Å². The zero-order valence-corrected chi connectivity index (χ0v) is 9.59. The summed E-state index contributed by atoms with van der Waals surface area (Å²) in [4.78, 5) is 0. The molecule has 0 bridgehead atoms. The van der Waals surface area contributed by atoms with Crippen LogP contribution < -0.4 is 0 Å². The van der Waals surface area contributed by atoms with E-state index in [0.717, 1.165) is 10.5 Å². The van der Waals surface area contributed by atoms with Crippen LogP contribution in [0.2, 0.25) is 0 Å². The van der Waals surface area contributed by atoms with Crippen LogP contribution in [-0.2, 0) is 0 Å². The highest BCUT2D eigenvalue weighted by Crippen LogP contribution is 2.30. The second-order valence-corrected chi connectivity index (χ2v) is 5.33. The molecule has 0 unspecified atom stereocenters. The van der Waals surface area contributed by atoms with Gasteiger partial charge in [-0.2, -0.15) is 23.5 Å². The first-order valence-electron chi connectivity index (χ1n) is 4.59. The molecule has 2 atom stereocenters. The molecule has 0 fully saturated rings. The summed E-state index contributed by atoms with van der Waals surface area (Å²) in [6.45, 7) is 0. The summed E-state index contributed by atoms with van der Waals surface area (Å²) in [7, 11) is 0. The number of thioether (sulfide) groups is 2. The summed E-state index contributed by atoms with van der Waals surface area (Å²) in [5, 5.41) is 1.76. The predicted octanol–water partition coefficient (Wildman–Crippen LogP) is 3.58. The first-order valence-corrected chi connectivity index (χ1v) is 7.16. The SMILES string of the molecule is CS[C@H]1CC/C=C\CC[C@@H]1SC. The number of hydrogen-bond acceptors (Lipinski definition) is 2. The fourth-order valence-electron chi connectivity index (χ4n) is 1.67. The highest BCUT2D eigenvalue weighted by molar-refractivity contribution is 8.03. The molecule has 0 saturated heterocycles. The Labute approximate surface area is 84.6 Å². The van der Waals surface area contributed by atoms with Crippen LogP contribution in [0.5, 0.6) is 0 Å². The molecular formula is C10H18S2. The fraction of sp³-hybridized carbons (Fsp3) is 0.800. The molecule has 0 aromatic rings. The standard InChI is InChI=1S/C10H18S2/c1-11-9-7-5-3-4-6-8-10(9)12-2/h3-4,9-10H,5-8H2,1-2H3/b4-3-/t9-,10-/m0/s1. The molecule has 1 rings (SSSR count). The molecule has 0 heterocycles. The molecule has 0 N–H and O–H groups in total. The van der Waals surface area contributed by atoms with Gasteiger partial charge in [-0.1, -0.05) is 12.2 Å². The van der Waals surface area contributed by atoms with Crippen molar-refractivity contribution < 1.29 is 0 Å². The maximum Gasteiger partial charge on any atom is 0.0166 e. The lowest BCUT2D eigenvalue weighted by molar-refractivity contribution is 0.670. The second-order valence-electron chi connectivity index (χ2n) is 3.17. The molecule has 0 aliphatic heterocycles. The molecular weight excluding hydrogens is 184 g/mol. The summed E-state index contributed by atoms with van der Waals surface area (Å²) in [6.07, 6.45) is 14.5. The van der Waals surface area contributed by atoms with E-state index in [9.17, 15) is 0 Å². The van der Waals surface area contributed by atoms with Gasteiger partial charge in [0.2, 0.25) is 0 Å². The minimum atomic E-state index is 0.880. The summed E-state index contributed by atoms with van der Waals surface area (Å²) in [5.41, 5.74) is 0. The quantitative estimate of drug-likeness (QED) is 0.628. The number of rotatable bonds is 2. The van der Waals surface area contributed by atoms with Crippen molar-refractivity contribution in [3.8, 4) is 0 Å². The van der Waals surface area contributed by atoms with Crippen molar-refractivity contribution in [3.05, 3.63) is 12.2 Å². The average molecular weight is 202 g/mol. The summed E-state index contributed by atoms with van der Waals surface area (Å²) < 4.78 is 0. The van der Waals surface area contributed by atoms with Gasteiger partial charge in [0.25, 0.3) is 0 Å². The van der Waals surface area contributed by atoms with E-state index >= 15 is 0 Å². The van der Waals surface area contributed by atoms with Gasteiger partial charge in [-0.15, -0.1) is 0 Å². The Morgan fingerprint density at radius 2 is 1.33 bits per heavy atom. The molecule has 1 aliphatic rings. The van der Waals surface area contributed by atoms with Crippen LogP contribution in [0.25, 0.3) is 0 Å². The van der Waals surface area contributed by atoms with Crippen LogP contribution in [-0.4, -0.2) is 23.0 Å². The smallest absolute Gasteiger partial charge is 0.0166 e. The molecule has 12 heavy (non-hydrogen) atoms. The topological polar surface area (TPSA) is 0 Å². The van der Waals surface area contributed by atoms with Gasteiger partial charge in [0.05, 0.1) is 0 Å². The molecule has 0 aromatic carbocycles. The van der Waals surface area contributed by atoms with Crippen molar-refractivity contribution in [3.63, 3.8) is 0 Å². The molecule has 0 radical (unpaired) electrons. The number of allylic oxidation sites excluding steroid dienone is 2. The molecule has 1 aliphatic carbocycles. The van der Waals surface area contributed by atoms with E-state index in [-0.39, 0.29) is 0 Å². The minimum absolute atomic E-state index is 0.880. The van der Waals surface area contributed by atoms with Crippen LogP contribution in [0.4, 0.5) is 0 Å². The second kappa shape index (κ2) is 5.98. The molecule has 0 aromatic heterocycles. The third-order valence-electron chi connectivity index (χ3n) is 2.42. The van der Waals surface area contributed by atoms with E-state index in [2.05, 4.69) is 24.7 Å². The average Bonchev–Trinajstić information content (AvgIpc) is 2.05. The van der Waals surface area contributed by atoms with E-state index in [0.29, 0.717) is 0 Å². The van der Waals surface area contributed by atoms with Gasteiger partial charge in [0, 0.05) is 10.5 Å². The zero-order chi connectivity index (χ0) is 8.81. The van der Waals surface area contributed by atoms with E-state index in [1.54, 1.807) is 0 Å². The Hall–Kier alpha value is 0.440. The van der Waals surface area contributed by atoms with Gasteiger partial charge in [-0.3, -0.25) is 0 Å². The van der Waals surface area contributed by atoms with Gasteiger partial charge in [-0.05, 0) is 38.2 Å². The highest BCUT2D eigenvalue weighted by Gasteiger charge is 2.19. The van der Waals surface area contributed by atoms with Crippen molar-refractivity contribution in [2.75, 3.05) is 12.5 Å². The predicted molar refractivity (Wildman–Crippen MR) is 62.2 cm³/mol. The van der Waals surface area contributed by atoms with Gasteiger partial charge < -0.3 is 0 Å². The molecule has 2 heteroatoms. The fourth-order valence-corrected chi connectivity index (χ4v) is 3.96. The first kappa shape index (κ1) is 10.5. The number of hydrogen-bond donors (Lipinski definition) is 0. The van der Waals surface area contributed by atoms with E-state index < -0.39 is 0 Å². The van der Waals surface area contributed by atoms with Crippen LogP contribution in [0.1, 0.15) is 25.7 Å². The highest BCUT2D eigenvalue weighted by atomic mass is 32.2. The Morgan fingerprint density at radius 1 is 0.917 bits per heavy atom. The van der Waals surface area contributed by atoms with Crippen molar-refractivity contribution in [1.29, 1.82) is 0 Å². The Kier molecular flexibility index (Phi) is 5.24. The Morgan fingerprint density at radius 3 is 1.67 bits per heavy atom. The maximum atomic E-state index is 2.35. The van der Waals surface area contributed by atoms with Crippen molar-refractivity contribution in [1.82, 2.24) is 0 Å². The molecule has 0 saturated carbocycles. The molecule has 0 spiro atoms. The Bertz CT molecular complexity index is 127. The van der Waals surface area contributed by atoms with Crippen molar-refractivity contribution in [2.24, 2.45) is 0 Å². The Balaban J connectivity index is 2.48. The lowest BCUT2D eigenvalue weighted by Gasteiger charge is -2.24. The van der Waals surface area contributed by atoms with Crippen molar-refractivity contribution in [2.45, 2.75) is 36.2 Å². The molecule has 0 amide bonds. The van der Waals surface area contributed by atoms with E-state index in [4.69, 9.17) is 0 Å². The summed E-state index contributed by atoms with van der Waals surface area (Å²) >= 11 is 4.09. The first-order chi connectivity index (χ1) is 5.88. The van der Waals surface area contributed by atoms with Gasteiger partial charge >= 0.3 is 0 Å². The molecule has 70 valence electrons.